The third kappa shape index (κ3) is 2.35. The lowest BCUT2D eigenvalue weighted by atomic mass is 10.2. The van der Waals surface area contributed by atoms with Crippen LogP contribution in [0.2, 0.25) is 0 Å². The first kappa shape index (κ1) is 11.4. The molecule has 0 fully saturated rings. The molecule has 2 N–H and O–H groups in total. The van der Waals surface area contributed by atoms with Gasteiger partial charge in [-0.2, -0.15) is 4.79 Å². The average molecular weight is 234 g/mol. The van der Waals surface area contributed by atoms with Gasteiger partial charge in [0.1, 0.15) is 17.1 Å². The van der Waals surface area contributed by atoms with Gasteiger partial charge in [0.25, 0.3) is 0 Å². The van der Waals surface area contributed by atoms with Gasteiger partial charge in [0.05, 0.1) is 0 Å². The lowest BCUT2D eigenvalue weighted by Crippen LogP contribution is -2.35. The van der Waals surface area contributed by atoms with Crippen LogP contribution >= 0.6 is 0 Å². The lowest BCUT2D eigenvalue weighted by Gasteiger charge is -2.14. The minimum absolute atomic E-state index is 0.545. The van der Waals surface area contributed by atoms with Crippen LogP contribution in [0.5, 0.6) is 0 Å². The van der Waals surface area contributed by atoms with Crippen molar-refractivity contribution in [3.63, 3.8) is 0 Å². The molecular weight excluding hydrogens is 220 g/mol. The lowest BCUT2D eigenvalue weighted by molar-refractivity contribution is -0.138. The molecule has 0 saturated heterocycles. The monoisotopic (exact) mass is 234 g/mol. The standard InChI is InChI=1S/C11H14N4O2/c1-2-5-9(11(16)17)13-15-10-7-4-3-6-8(10)12-14-15/h3-4,6-7,9,13H,2,5H2,1H3,(H,16,17)/t9-/m0/s1. The second kappa shape index (κ2) is 4.82. The zero-order valence-corrected chi connectivity index (χ0v) is 9.50. The summed E-state index contributed by atoms with van der Waals surface area (Å²) >= 11 is 0. The van der Waals surface area contributed by atoms with Crippen molar-refractivity contribution in [1.29, 1.82) is 0 Å². The number of rotatable bonds is 5. The van der Waals surface area contributed by atoms with E-state index in [2.05, 4.69) is 15.7 Å². The highest BCUT2D eigenvalue weighted by Gasteiger charge is 2.17. The van der Waals surface area contributed by atoms with Crippen molar-refractivity contribution in [1.82, 2.24) is 15.1 Å². The first-order valence-electron chi connectivity index (χ1n) is 5.52. The third-order valence-electron chi connectivity index (χ3n) is 2.51. The second-order valence-electron chi connectivity index (χ2n) is 3.80. The molecule has 1 aromatic heterocycles. The Kier molecular flexibility index (Phi) is 3.22. The van der Waals surface area contributed by atoms with E-state index in [1.165, 1.54) is 4.79 Å². The van der Waals surface area contributed by atoms with Gasteiger partial charge < -0.3 is 5.11 Å². The Balaban J connectivity index is 2.25. The molecule has 0 aliphatic rings. The number of hydrogen-bond donors (Lipinski definition) is 2. The van der Waals surface area contributed by atoms with E-state index in [1.807, 2.05) is 31.2 Å². The zero-order chi connectivity index (χ0) is 12.3. The molecular formula is C11H14N4O2. The Bertz CT molecular complexity index is 523. The highest BCUT2D eigenvalue weighted by Crippen LogP contribution is 2.09. The van der Waals surface area contributed by atoms with Crippen molar-refractivity contribution in [2.45, 2.75) is 25.8 Å². The van der Waals surface area contributed by atoms with Crippen LogP contribution in [-0.2, 0) is 4.79 Å². The van der Waals surface area contributed by atoms with Crippen LogP contribution < -0.4 is 5.43 Å². The number of carboxylic acids is 1. The predicted molar refractivity (Wildman–Crippen MR) is 63.2 cm³/mol. The number of aliphatic carboxylic acids is 1. The Labute approximate surface area is 98.2 Å². The van der Waals surface area contributed by atoms with E-state index in [0.29, 0.717) is 6.42 Å². The first-order valence-corrected chi connectivity index (χ1v) is 5.52. The van der Waals surface area contributed by atoms with Crippen LogP contribution in [0.4, 0.5) is 0 Å². The number of carboxylic acid groups (broad SMARTS) is 1. The minimum atomic E-state index is -0.883. The largest absolute Gasteiger partial charge is 0.480 e. The molecule has 2 rings (SSSR count). The normalized spacial score (nSPS) is 12.5. The number of hydrogen-bond acceptors (Lipinski definition) is 4. The maximum absolute atomic E-state index is 11.0. The molecule has 6 heteroatoms. The fourth-order valence-electron chi connectivity index (χ4n) is 1.64. The Hall–Kier alpha value is -2.11. The van der Waals surface area contributed by atoms with E-state index in [0.717, 1.165) is 17.5 Å². The number of fused-ring (bicyclic) bond motifs is 1. The number of para-hydroxylation sites is 1. The van der Waals surface area contributed by atoms with E-state index in [1.54, 1.807) is 0 Å². The van der Waals surface area contributed by atoms with Gasteiger partial charge >= 0.3 is 5.97 Å². The second-order valence-corrected chi connectivity index (χ2v) is 3.80. The molecule has 0 bridgehead atoms. The van der Waals surface area contributed by atoms with Crippen LogP contribution in [0.15, 0.2) is 24.3 Å². The van der Waals surface area contributed by atoms with Crippen molar-refractivity contribution in [2.75, 3.05) is 5.43 Å². The van der Waals surface area contributed by atoms with E-state index < -0.39 is 12.0 Å². The van der Waals surface area contributed by atoms with E-state index in [9.17, 15) is 4.79 Å². The maximum Gasteiger partial charge on any atom is 0.327 e. The molecule has 0 spiro atoms. The molecule has 0 aliphatic carbocycles. The topological polar surface area (TPSA) is 80.0 Å². The van der Waals surface area contributed by atoms with Crippen LogP contribution in [0.25, 0.3) is 11.0 Å². The molecule has 0 radical (unpaired) electrons. The van der Waals surface area contributed by atoms with Gasteiger partial charge in [-0.1, -0.05) is 25.5 Å². The van der Waals surface area contributed by atoms with Crippen molar-refractivity contribution in [3.8, 4) is 0 Å². The van der Waals surface area contributed by atoms with E-state index >= 15 is 0 Å². The molecule has 2 aromatic rings. The summed E-state index contributed by atoms with van der Waals surface area (Å²) in [5, 5.41) is 16.9. The number of carbonyl (C=O) groups is 1. The highest BCUT2D eigenvalue weighted by atomic mass is 16.4. The van der Waals surface area contributed by atoms with Gasteiger partial charge in [-0.3, -0.25) is 5.43 Å². The van der Waals surface area contributed by atoms with Crippen molar-refractivity contribution in [2.24, 2.45) is 0 Å². The van der Waals surface area contributed by atoms with E-state index in [4.69, 9.17) is 5.11 Å². The quantitative estimate of drug-likeness (QED) is 0.813. The highest BCUT2D eigenvalue weighted by molar-refractivity contribution is 5.77. The summed E-state index contributed by atoms with van der Waals surface area (Å²) in [5.41, 5.74) is 4.36. The summed E-state index contributed by atoms with van der Waals surface area (Å²) in [7, 11) is 0. The molecule has 0 unspecified atom stereocenters. The van der Waals surface area contributed by atoms with Gasteiger partial charge in [-0.05, 0) is 23.8 Å². The van der Waals surface area contributed by atoms with Gasteiger partial charge in [0.2, 0.25) is 0 Å². The zero-order valence-electron chi connectivity index (χ0n) is 9.50. The summed E-state index contributed by atoms with van der Waals surface area (Å²) in [5.74, 6) is -0.883. The first-order chi connectivity index (χ1) is 8.22. The molecule has 1 atom stereocenters. The van der Waals surface area contributed by atoms with Crippen LogP contribution in [0.3, 0.4) is 0 Å². The molecule has 0 aliphatic heterocycles. The summed E-state index contributed by atoms with van der Waals surface area (Å²) in [6, 6.07) is 6.75. The summed E-state index contributed by atoms with van der Waals surface area (Å²) in [6.45, 7) is 1.94. The minimum Gasteiger partial charge on any atom is -0.480 e. The predicted octanol–water partition coefficient (Wildman–Crippen LogP) is 1.23. The van der Waals surface area contributed by atoms with Crippen molar-refractivity contribution >= 4 is 17.0 Å². The maximum atomic E-state index is 11.0. The Morgan fingerprint density at radius 3 is 3.00 bits per heavy atom. The van der Waals surface area contributed by atoms with Crippen molar-refractivity contribution < 1.29 is 9.90 Å². The average Bonchev–Trinajstić information content (AvgIpc) is 2.72. The smallest absolute Gasteiger partial charge is 0.327 e. The van der Waals surface area contributed by atoms with Gasteiger partial charge in [-0.15, -0.1) is 5.10 Å². The van der Waals surface area contributed by atoms with Gasteiger partial charge in [0, 0.05) is 0 Å². The van der Waals surface area contributed by atoms with Gasteiger partial charge in [-0.25, -0.2) is 4.79 Å². The molecule has 1 aromatic carbocycles. The molecule has 90 valence electrons. The van der Waals surface area contributed by atoms with Crippen LogP contribution in [0, 0.1) is 0 Å². The van der Waals surface area contributed by atoms with Gasteiger partial charge in [0.15, 0.2) is 0 Å². The Morgan fingerprint density at radius 2 is 2.29 bits per heavy atom. The molecule has 17 heavy (non-hydrogen) atoms. The SMILES string of the molecule is CCC[C@H](Nn1nnc2ccccc21)C(=O)O. The fourth-order valence-corrected chi connectivity index (χ4v) is 1.64. The number of aromatic nitrogens is 3. The number of nitrogens with one attached hydrogen (secondary N) is 1. The molecule has 0 amide bonds. The third-order valence-corrected chi connectivity index (χ3v) is 2.51. The molecule has 0 saturated carbocycles. The fraction of sp³-hybridized carbons (Fsp3) is 0.364. The van der Waals surface area contributed by atoms with Crippen LogP contribution in [0.1, 0.15) is 19.8 Å². The molecule has 6 nitrogen and oxygen atoms in total. The van der Waals surface area contributed by atoms with Crippen LogP contribution in [-0.4, -0.2) is 32.2 Å². The summed E-state index contributed by atoms with van der Waals surface area (Å²) in [6.07, 6.45) is 1.33. The van der Waals surface area contributed by atoms with E-state index in [-0.39, 0.29) is 0 Å². The van der Waals surface area contributed by atoms with Crippen molar-refractivity contribution in [3.05, 3.63) is 24.3 Å². The number of nitrogens with zero attached hydrogens (tertiary/aromatic N) is 3. The Morgan fingerprint density at radius 1 is 1.53 bits per heavy atom. The summed E-state index contributed by atoms with van der Waals surface area (Å²) in [4.78, 5) is 12.4. The molecule has 1 heterocycles. The number of benzene rings is 1. The summed E-state index contributed by atoms with van der Waals surface area (Å²) < 4.78 is 0.